The van der Waals surface area contributed by atoms with Crippen molar-refractivity contribution >= 4 is 12.3 Å². The van der Waals surface area contributed by atoms with Gasteiger partial charge in [0, 0.05) is 11.1 Å². The maximum atomic E-state index is 11.1. The van der Waals surface area contributed by atoms with E-state index in [9.17, 15) is 9.59 Å². The minimum Gasteiger partial charge on any atom is -0.494 e. The molecule has 0 aromatic heterocycles. The van der Waals surface area contributed by atoms with E-state index in [1.807, 2.05) is 19.1 Å². The molecule has 0 N–H and O–H groups in total. The summed E-state index contributed by atoms with van der Waals surface area (Å²) in [5.74, 6) is 0.468. The number of rotatable bonds is 10. The van der Waals surface area contributed by atoms with Gasteiger partial charge in [0.2, 0.25) is 0 Å². The van der Waals surface area contributed by atoms with E-state index in [1.165, 1.54) is 0 Å². The number of hydrogen-bond acceptors (Lipinski definition) is 4. The van der Waals surface area contributed by atoms with Gasteiger partial charge < -0.3 is 9.47 Å². The number of aldehydes is 1. The summed E-state index contributed by atoms with van der Waals surface area (Å²) < 4.78 is 10.7. The van der Waals surface area contributed by atoms with Crippen molar-refractivity contribution in [3.63, 3.8) is 0 Å². The third-order valence-corrected chi connectivity index (χ3v) is 3.26. The van der Waals surface area contributed by atoms with E-state index in [0.717, 1.165) is 43.3 Å². The highest BCUT2D eigenvalue weighted by molar-refractivity contribution is 5.86. The zero-order valence-corrected chi connectivity index (χ0v) is 13.4. The van der Waals surface area contributed by atoms with Gasteiger partial charge in [-0.3, -0.25) is 4.79 Å². The van der Waals surface area contributed by atoms with Gasteiger partial charge in [0.1, 0.15) is 12.0 Å². The predicted molar refractivity (Wildman–Crippen MR) is 86.3 cm³/mol. The van der Waals surface area contributed by atoms with Crippen LogP contribution in [0.25, 0.3) is 0 Å². The minimum atomic E-state index is -0.322. The molecule has 0 aliphatic carbocycles. The fourth-order valence-corrected chi connectivity index (χ4v) is 1.91. The summed E-state index contributed by atoms with van der Waals surface area (Å²) in [5, 5.41) is 0. The number of aryl methyl sites for hydroxylation is 1. The molecule has 4 nitrogen and oxygen atoms in total. The molecule has 0 spiro atoms. The summed E-state index contributed by atoms with van der Waals surface area (Å²) >= 11 is 0. The van der Waals surface area contributed by atoms with Gasteiger partial charge in [-0.05, 0) is 63.3 Å². The number of esters is 1. The van der Waals surface area contributed by atoms with Crippen LogP contribution in [0.1, 0.15) is 48.5 Å². The first-order valence-corrected chi connectivity index (χ1v) is 7.56. The molecule has 0 saturated carbocycles. The SMILES string of the molecule is C=C(C)C(=O)OCCCCCCOc1ccc(C=O)c(C)c1. The van der Waals surface area contributed by atoms with Crippen LogP contribution in [0.3, 0.4) is 0 Å². The molecule has 22 heavy (non-hydrogen) atoms. The summed E-state index contributed by atoms with van der Waals surface area (Å²) in [6.45, 7) is 8.15. The predicted octanol–water partition coefficient (Wildman–Crippen LogP) is 3.87. The Morgan fingerprint density at radius 2 is 1.86 bits per heavy atom. The van der Waals surface area contributed by atoms with Crippen molar-refractivity contribution in [2.75, 3.05) is 13.2 Å². The Morgan fingerprint density at radius 1 is 1.18 bits per heavy atom. The maximum Gasteiger partial charge on any atom is 0.333 e. The molecule has 1 aromatic carbocycles. The first-order valence-electron chi connectivity index (χ1n) is 7.56. The number of hydrogen-bond donors (Lipinski definition) is 0. The quantitative estimate of drug-likeness (QED) is 0.285. The van der Waals surface area contributed by atoms with E-state index >= 15 is 0 Å². The lowest BCUT2D eigenvalue weighted by Gasteiger charge is -2.08. The van der Waals surface area contributed by atoms with Crippen LogP contribution >= 0.6 is 0 Å². The lowest BCUT2D eigenvalue weighted by molar-refractivity contribution is -0.139. The zero-order valence-electron chi connectivity index (χ0n) is 13.4. The molecule has 0 aliphatic rings. The summed E-state index contributed by atoms with van der Waals surface area (Å²) in [4.78, 5) is 21.9. The third-order valence-electron chi connectivity index (χ3n) is 3.26. The van der Waals surface area contributed by atoms with Crippen LogP contribution in [0, 0.1) is 6.92 Å². The molecule has 0 aliphatic heterocycles. The molecule has 0 unspecified atom stereocenters. The van der Waals surface area contributed by atoms with Crippen LogP contribution in [0.15, 0.2) is 30.4 Å². The third kappa shape index (κ3) is 6.57. The Balaban J connectivity index is 2.08. The van der Waals surface area contributed by atoms with Crippen LogP contribution in [0.5, 0.6) is 5.75 Å². The normalized spacial score (nSPS) is 10.1. The van der Waals surface area contributed by atoms with E-state index < -0.39 is 0 Å². The average molecular weight is 304 g/mol. The van der Waals surface area contributed by atoms with Gasteiger partial charge in [-0.25, -0.2) is 4.79 Å². The molecule has 1 rings (SSSR count). The van der Waals surface area contributed by atoms with Gasteiger partial charge in [-0.1, -0.05) is 6.58 Å². The van der Waals surface area contributed by atoms with Gasteiger partial charge in [0.25, 0.3) is 0 Å². The highest BCUT2D eigenvalue weighted by Crippen LogP contribution is 2.16. The first-order chi connectivity index (χ1) is 10.5. The van der Waals surface area contributed by atoms with Crippen molar-refractivity contribution in [2.24, 2.45) is 0 Å². The molecular formula is C18H24O4. The molecule has 0 heterocycles. The maximum absolute atomic E-state index is 11.1. The van der Waals surface area contributed by atoms with Gasteiger partial charge in [0.05, 0.1) is 13.2 Å². The highest BCUT2D eigenvalue weighted by Gasteiger charge is 2.02. The standard InChI is InChI=1S/C18H24O4/c1-14(2)18(20)22-11-7-5-4-6-10-21-17-9-8-16(13-19)15(3)12-17/h8-9,12-13H,1,4-7,10-11H2,2-3H3. The summed E-state index contributed by atoms with van der Waals surface area (Å²) in [6.07, 6.45) is 4.67. The average Bonchev–Trinajstić information content (AvgIpc) is 2.49. The topological polar surface area (TPSA) is 52.6 Å². The Kier molecular flexibility index (Phi) is 7.97. The molecular weight excluding hydrogens is 280 g/mol. The van der Waals surface area contributed by atoms with Crippen molar-refractivity contribution in [2.45, 2.75) is 39.5 Å². The Bertz CT molecular complexity index is 520. The van der Waals surface area contributed by atoms with Crippen molar-refractivity contribution < 1.29 is 19.1 Å². The van der Waals surface area contributed by atoms with E-state index in [-0.39, 0.29) is 5.97 Å². The number of unbranched alkanes of at least 4 members (excludes halogenated alkanes) is 3. The van der Waals surface area contributed by atoms with Gasteiger partial charge >= 0.3 is 5.97 Å². The minimum absolute atomic E-state index is 0.322. The molecule has 0 radical (unpaired) electrons. The monoisotopic (exact) mass is 304 g/mol. The van der Waals surface area contributed by atoms with Crippen LogP contribution < -0.4 is 4.74 Å². The summed E-state index contributed by atoms with van der Waals surface area (Å²) in [7, 11) is 0. The van der Waals surface area contributed by atoms with Crippen LogP contribution in [-0.2, 0) is 9.53 Å². The number of carbonyl (C=O) groups excluding carboxylic acids is 2. The van der Waals surface area contributed by atoms with E-state index in [4.69, 9.17) is 9.47 Å². The summed E-state index contributed by atoms with van der Waals surface area (Å²) in [5.41, 5.74) is 2.05. The van der Waals surface area contributed by atoms with E-state index in [1.54, 1.807) is 13.0 Å². The molecule has 120 valence electrons. The first kappa shape index (κ1) is 18.0. The molecule has 0 amide bonds. The van der Waals surface area contributed by atoms with Crippen molar-refractivity contribution in [1.29, 1.82) is 0 Å². The van der Waals surface area contributed by atoms with Crippen molar-refractivity contribution in [3.05, 3.63) is 41.5 Å². The summed E-state index contributed by atoms with van der Waals surface area (Å²) in [6, 6.07) is 5.46. The molecule has 4 heteroatoms. The van der Waals surface area contributed by atoms with Crippen LogP contribution in [-0.4, -0.2) is 25.5 Å². The zero-order chi connectivity index (χ0) is 16.4. The van der Waals surface area contributed by atoms with E-state index in [0.29, 0.717) is 24.4 Å². The Labute approximate surface area is 132 Å². The molecule has 1 aromatic rings. The highest BCUT2D eigenvalue weighted by atomic mass is 16.5. The smallest absolute Gasteiger partial charge is 0.333 e. The fraction of sp³-hybridized carbons (Fsp3) is 0.444. The second-order valence-electron chi connectivity index (χ2n) is 5.32. The second kappa shape index (κ2) is 9.77. The molecule has 0 atom stereocenters. The van der Waals surface area contributed by atoms with Crippen LogP contribution in [0.4, 0.5) is 0 Å². The lowest BCUT2D eigenvalue weighted by Crippen LogP contribution is -2.06. The number of carbonyl (C=O) groups is 2. The molecule has 0 saturated heterocycles. The largest absolute Gasteiger partial charge is 0.494 e. The fourth-order valence-electron chi connectivity index (χ4n) is 1.91. The number of ether oxygens (including phenoxy) is 2. The van der Waals surface area contributed by atoms with Crippen LogP contribution in [0.2, 0.25) is 0 Å². The van der Waals surface area contributed by atoms with Crippen molar-refractivity contribution in [3.8, 4) is 5.75 Å². The second-order valence-corrected chi connectivity index (χ2v) is 5.32. The van der Waals surface area contributed by atoms with Crippen molar-refractivity contribution in [1.82, 2.24) is 0 Å². The number of benzene rings is 1. The Morgan fingerprint density at radius 3 is 2.45 bits per heavy atom. The van der Waals surface area contributed by atoms with Gasteiger partial charge in [-0.2, -0.15) is 0 Å². The van der Waals surface area contributed by atoms with Gasteiger partial charge in [0.15, 0.2) is 0 Å². The van der Waals surface area contributed by atoms with Gasteiger partial charge in [-0.15, -0.1) is 0 Å². The lowest BCUT2D eigenvalue weighted by atomic mass is 10.1. The molecule has 0 fully saturated rings. The van der Waals surface area contributed by atoms with E-state index in [2.05, 4.69) is 6.58 Å². The molecule has 0 bridgehead atoms. The Hall–Kier alpha value is -2.10.